The molecule has 0 radical (unpaired) electrons. The van der Waals surface area contributed by atoms with Gasteiger partial charge in [0.05, 0.1) is 6.61 Å². The Morgan fingerprint density at radius 1 is 1.11 bits per heavy atom. The van der Waals surface area contributed by atoms with Crippen LogP contribution in [0.1, 0.15) is 38.5 Å². The van der Waals surface area contributed by atoms with E-state index in [1.807, 2.05) is 6.07 Å². The van der Waals surface area contributed by atoms with Crippen molar-refractivity contribution < 1.29 is 5.11 Å². The zero-order valence-corrected chi connectivity index (χ0v) is 10.7. The average Bonchev–Trinajstić information content (AvgIpc) is 2.65. The molecule has 0 spiro atoms. The molecule has 18 heavy (non-hydrogen) atoms. The van der Waals surface area contributed by atoms with E-state index in [4.69, 9.17) is 5.11 Å². The molecule has 0 aromatic carbocycles. The molecule has 100 valence electrons. The van der Waals surface area contributed by atoms with E-state index >= 15 is 0 Å². The zero-order valence-electron chi connectivity index (χ0n) is 10.7. The molecule has 1 saturated carbocycles. The molecule has 2 rings (SSSR count). The standard InChI is InChI=1S/C13H22N4O/c18-8-7-14-12-9-13(16-10-15-12)17-11-5-3-1-2-4-6-11/h9-11,18H,1-8H2,(H2,14,15,16,17). The molecule has 0 atom stereocenters. The number of rotatable bonds is 5. The van der Waals surface area contributed by atoms with Gasteiger partial charge in [-0.1, -0.05) is 25.7 Å². The van der Waals surface area contributed by atoms with Gasteiger partial charge in [-0.05, 0) is 12.8 Å². The van der Waals surface area contributed by atoms with Gasteiger partial charge in [0.2, 0.25) is 0 Å². The van der Waals surface area contributed by atoms with Crippen LogP contribution in [0.3, 0.4) is 0 Å². The minimum Gasteiger partial charge on any atom is -0.395 e. The molecule has 1 heterocycles. The molecular weight excluding hydrogens is 228 g/mol. The Morgan fingerprint density at radius 3 is 2.56 bits per heavy atom. The van der Waals surface area contributed by atoms with Gasteiger partial charge in [-0.2, -0.15) is 0 Å². The molecule has 1 aromatic heterocycles. The number of aromatic nitrogens is 2. The van der Waals surface area contributed by atoms with E-state index in [9.17, 15) is 0 Å². The van der Waals surface area contributed by atoms with Crippen LogP contribution in [0.5, 0.6) is 0 Å². The number of anilines is 2. The minimum atomic E-state index is 0.107. The highest BCUT2D eigenvalue weighted by Gasteiger charge is 2.12. The fourth-order valence-corrected chi connectivity index (χ4v) is 2.35. The number of aliphatic hydroxyl groups is 1. The summed E-state index contributed by atoms with van der Waals surface area (Å²) in [6, 6.07) is 2.44. The van der Waals surface area contributed by atoms with Crippen LogP contribution >= 0.6 is 0 Å². The predicted octanol–water partition coefficient (Wildman–Crippen LogP) is 2.02. The van der Waals surface area contributed by atoms with E-state index in [-0.39, 0.29) is 6.61 Å². The van der Waals surface area contributed by atoms with Crippen molar-refractivity contribution in [2.45, 2.75) is 44.6 Å². The van der Waals surface area contributed by atoms with Crippen molar-refractivity contribution in [1.82, 2.24) is 9.97 Å². The maximum atomic E-state index is 8.77. The van der Waals surface area contributed by atoms with E-state index in [2.05, 4.69) is 20.6 Å². The summed E-state index contributed by atoms with van der Waals surface area (Å²) in [6.45, 7) is 0.620. The first kappa shape index (κ1) is 13.1. The van der Waals surface area contributed by atoms with E-state index < -0.39 is 0 Å². The largest absolute Gasteiger partial charge is 0.395 e. The van der Waals surface area contributed by atoms with Crippen LogP contribution in [-0.4, -0.2) is 34.3 Å². The Labute approximate surface area is 108 Å². The fourth-order valence-electron chi connectivity index (χ4n) is 2.35. The first-order valence-corrected chi connectivity index (χ1v) is 6.82. The van der Waals surface area contributed by atoms with Crippen LogP contribution in [0, 0.1) is 0 Å². The summed E-state index contributed by atoms with van der Waals surface area (Å²) in [5, 5.41) is 15.3. The molecule has 0 bridgehead atoms. The lowest BCUT2D eigenvalue weighted by Gasteiger charge is -2.17. The number of nitrogens with one attached hydrogen (secondary N) is 2. The summed E-state index contributed by atoms with van der Waals surface area (Å²) in [5.74, 6) is 1.63. The van der Waals surface area contributed by atoms with Gasteiger partial charge in [-0.15, -0.1) is 0 Å². The maximum Gasteiger partial charge on any atom is 0.131 e. The molecule has 1 aliphatic carbocycles. The van der Waals surface area contributed by atoms with E-state index in [1.54, 1.807) is 6.33 Å². The lowest BCUT2D eigenvalue weighted by Crippen LogP contribution is -2.19. The van der Waals surface area contributed by atoms with Gasteiger partial charge in [-0.3, -0.25) is 0 Å². The molecule has 0 aliphatic heterocycles. The average molecular weight is 250 g/mol. The smallest absolute Gasteiger partial charge is 0.131 e. The molecule has 3 N–H and O–H groups in total. The highest BCUT2D eigenvalue weighted by atomic mass is 16.3. The molecule has 1 aromatic rings. The van der Waals surface area contributed by atoms with Crippen molar-refractivity contribution in [3.8, 4) is 0 Å². The topological polar surface area (TPSA) is 70.1 Å². The van der Waals surface area contributed by atoms with Gasteiger partial charge in [0, 0.05) is 18.7 Å². The van der Waals surface area contributed by atoms with Crippen molar-refractivity contribution in [2.75, 3.05) is 23.8 Å². The fraction of sp³-hybridized carbons (Fsp3) is 0.692. The number of aliphatic hydroxyl groups excluding tert-OH is 1. The molecule has 0 amide bonds. The van der Waals surface area contributed by atoms with Crippen LogP contribution in [0.2, 0.25) is 0 Å². The Kier molecular flexibility index (Phi) is 5.20. The van der Waals surface area contributed by atoms with E-state index in [0.29, 0.717) is 12.6 Å². The van der Waals surface area contributed by atoms with Gasteiger partial charge in [0.1, 0.15) is 18.0 Å². The van der Waals surface area contributed by atoms with Gasteiger partial charge in [0.15, 0.2) is 0 Å². The zero-order chi connectivity index (χ0) is 12.6. The monoisotopic (exact) mass is 250 g/mol. The lowest BCUT2D eigenvalue weighted by molar-refractivity contribution is 0.311. The highest BCUT2D eigenvalue weighted by molar-refractivity contribution is 5.46. The first-order chi connectivity index (χ1) is 8.88. The van der Waals surface area contributed by atoms with E-state index in [1.165, 1.54) is 38.5 Å². The first-order valence-electron chi connectivity index (χ1n) is 6.82. The second-order valence-electron chi connectivity index (χ2n) is 4.77. The predicted molar refractivity (Wildman–Crippen MR) is 72.7 cm³/mol. The molecular formula is C13H22N4O. The third-order valence-corrected chi connectivity index (χ3v) is 3.29. The molecule has 5 nitrogen and oxygen atoms in total. The van der Waals surface area contributed by atoms with Crippen molar-refractivity contribution in [3.05, 3.63) is 12.4 Å². The van der Waals surface area contributed by atoms with Gasteiger partial charge in [0.25, 0.3) is 0 Å². The summed E-state index contributed by atoms with van der Waals surface area (Å²) in [5.41, 5.74) is 0. The highest BCUT2D eigenvalue weighted by Crippen LogP contribution is 2.20. The lowest BCUT2D eigenvalue weighted by atomic mass is 10.1. The summed E-state index contributed by atoms with van der Waals surface area (Å²) >= 11 is 0. The normalized spacial score (nSPS) is 17.2. The summed E-state index contributed by atoms with van der Waals surface area (Å²) < 4.78 is 0. The second kappa shape index (κ2) is 7.16. The van der Waals surface area contributed by atoms with Crippen molar-refractivity contribution in [2.24, 2.45) is 0 Å². The SMILES string of the molecule is OCCNc1cc(NC2CCCCCC2)ncn1. The number of nitrogens with zero attached hydrogens (tertiary/aromatic N) is 2. The van der Waals surface area contributed by atoms with Crippen molar-refractivity contribution >= 4 is 11.6 Å². The summed E-state index contributed by atoms with van der Waals surface area (Å²) in [4.78, 5) is 8.36. The summed E-state index contributed by atoms with van der Waals surface area (Å²) in [6.07, 6.45) is 9.32. The van der Waals surface area contributed by atoms with Gasteiger partial charge >= 0.3 is 0 Å². The van der Waals surface area contributed by atoms with E-state index in [0.717, 1.165) is 11.6 Å². The molecule has 0 saturated heterocycles. The molecule has 5 heteroatoms. The maximum absolute atomic E-state index is 8.77. The van der Waals surface area contributed by atoms with Crippen molar-refractivity contribution in [1.29, 1.82) is 0 Å². The Bertz CT molecular complexity index is 351. The Morgan fingerprint density at radius 2 is 1.83 bits per heavy atom. The van der Waals surface area contributed by atoms with Crippen LogP contribution < -0.4 is 10.6 Å². The van der Waals surface area contributed by atoms with Crippen molar-refractivity contribution in [3.63, 3.8) is 0 Å². The number of hydrogen-bond donors (Lipinski definition) is 3. The second-order valence-corrected chi connectivity index (χ2v) is 4.77. The Hall–Kier alpha value is -1.36. The van der Waals surface area contributed by atoms with Gasteiger partial charge in [-0.25, -0.2) is 9.97 Å². The molecule has 0 unspecified atom stereocenters. The van der Waals surface area contributed by atoms with Gasteiger partial charge < -0.3 is 15.7 Å². The van der Waals surface area contributed by atoms with Crippen LogP contribution in [0.25, 0.3) is 0 Å². The number of hydrogen-bond acceptors (Lipinski definition) is 5. The quantitative estimate of drug-likeness (QED) is 0.697. The minimum absolute atomic E-state index is 0.107. The third kappa shape index (κ3) is 4.14. The summed E-state index contributed by atoms with van der Waals surface area (Å²) in [7, 11) is 0. The van der Waals surface area contributed by atoms with Crippen LogP contribution in [-0.2, 0) is 0 Å². The third-order valence-electron chi connectivity index (χ3n) is 3.29. The molecule has 1 fully saturated rings. The molecule has 1 aliphatic rings. The van der Waals surface area contributed by atoms with Crippen LogP contribution in [0.15, 0.2) is 12.4 Å². The Balaban J connectivity index is 1.91. The van der Waals surface area contributed by atoms with Crippen LogP contribution in [0.4, 0.5) is 11.6 Å².